The number of hydrogen-bond acceptors (Lipinski definition) is 3. The molecule has 0 amide bonds. The molecule has 92 valence electrons. The molecule has 8 heteroatoms. The molecule has 0 bridgehead atoms. The molecule has 0 aromatic rings. The number of allylic oxidation sites excluding steroid dienone is 3. The van der Waals surface area contributed by atoms with Crippen molar-refractivity contribution in [3.63, 3.8) is 0 Å². The highest BCUT2D eigenvalue weighted by atomic mass is 35.5. The molecule has 1 atom stereocenters. The zero-order valence-electron chi connectivity index (χ0n) is 8.08. The van der Waals surface area contributed by atoms with Gasteiger partial charge in [0.05, 0.1) is 5.70 Å². The smallest absolute Gasteiger partial charge is 0.410 e. The maximum Gasteiger partial charge on any atom is 0.410 e. The van der Waals surface area contributed by atoms with Crippen LogP contribution in [0.3, 0.4) is 0 Å². The van der Waals surface area contributed by atoms with Crippen LogP contribution in [0.4, 0.5) is 13.2 Å². The van der Waals surface area contributed by atoms with Gasteiger partial charge in [0.2, 0.25) is 11.5 Å². The molecule has 1 rings (SSSR count). The lowest BCUT2D eigenvalue weighted by Crippen LogP contribution is -2.46. The van der Waals surface area contributed by atoms with Crippen LogP contribution in [0.15, 0.2) is 27.9 Å². The Morgan fingerprint density at radius 3 is 2.53 bits per heavy atom. The van der Waals surface area contributed by atoms with Gasteiger partial charge in [-0.3, -0.25) is 4.79 Å². The van der Waals surface area contributed by atoms with Crippen molar-refractivity contribution in [2.24, 2.45) is 10.4 Å². The lowest BCUT2D eigenvalue weighted by Gasteiger charge is -2.32. The van der Waals surface area contributed by atoms with Crippen LogP contribution in [0.5, 0.6) is 0 Å². The first-order chi connectivity index (χ1) is 7.75. The fourth-order valence-corrected chi connectivity index (χ4v) is 1.71. The van der Waals surface area contributed by atoms with Crippen molar-refractivity contribution in [2.45, 2.75) is 12.6 Å². The highest BCUT2D eigenvalue weighted by Gasteiger charge is 2.63. The van der Waals surface area contributed by atoms with Crippen LogP contribution < -0.4 is 0 Å². The Morgan fingerprint density at radius 1 is 1.53 bits per heavy atom. The first-order valence-electron chi connectivity index (χ1n) is 4.20. The average Bonchev–Trinajstić information content (AvgIpc) is 2.19. The Hall–Kier alpha value is -1.59. The standard InChI is InChI=1S/C9H5ClF3NO3/c10-6-2-1-5(14-4-15)3-8(6,7(16)17)9(11,12)13/h1-2H,3H2,(H,16,17). The number of carboxylic acids is 1. The van der Waals surface area contributed by atoms with Crippen LogP contribution in [0.2, 0.25) is 0 Å². The zero-order chi connectivity index (χ0) is 13.3. The van der Waals surface area contributed by atoms with Crippen molar-refractivity contribution in [2.75, 3.05) is 0 Å². The van der Waals surface area contributed by atoms with Gasteiger partial charge < -0.3 is 5.11 Å². The average molecular weight is 268 g/mol. The van der Waals surface area contributed by atoms with Gasteiger partial charge in [0.25, 0.3) is 0 Å². The fourth-order valence-electron chi connectivity index (χ4n) is 1.40. The van der Waals surface area contributed by atoms with E-state index in [4.69, 9.17) is 16.7 Å². The molecule has 0 radical (unpaired) electrons. The van der Waals surface area contributed by atoms with Gasteiger partial charge in [-0.15, -0.1) is 0 Å². The molecule has 0 fully saturated rings. The monoisotopic (exact) mass is 267 g/mol. The largest absolute Gasteiger partial charge is 0.480 e. The Kier molecular flexibility index (Phi) is 3.45. The van der Waals surface area contributed by atoms with E-state index in [1.54, 1.807) is 0 Å². The third-order valence-corrected chi connectivity index (χ3v) is 2.76. The summed E-state index contributed by atoms with van der Waals surface area (Å²) in [5, 5.41) is 7.90. The summed E-state index contributed by atoms with van der Waals surface area (Å²) in [7, 11) is 0. The van der Waals surface area contributed by atoms with Crippen molar-refractivity contribution in [3.8, 4) is 0 Å². The van der Waals surface area contributed by atoms with Gasteiger partial charge in [-0.1, -0.05) is 11.6 Å². The second-order valence-electron chi connectivity index (χ2n) is 3.26. The maximum atomic E-state index is 12.8. The summed E-state index contributed by atoms with van der Waals surface area (Å²) >= 11 is 5.36. The third kappa shape index (κ3) is 2.11. The summed E-state index contributed by atoms with van der Waals surface area (Å²) in [6.45, 7) is 0. The maximum absolute atomic E-state index is 12.8. The molecule has 0 heterocycles. The van der Waals surface area contributed by atoms with E-state index in [1.807, 2.05) is 0 Å². The number of hydrogen-bond donors (Lipinski definition) is 1. The zero-order valence-corrected chi connectivity index (χ0v) is 8.84. The Labute approximate surface area is 98.1 Å². The van der Waals surface area contributed by atoms with Crippen LogP contribution in [0.25, 0.3) is 0 Å². The molecule has 1 aliphatic carbocycles. The molecule has 0 spiro atoms. The molecule has 0 saturated heterocycles. The topological polar surface area (TPSA) is 66.7 Å². The molecule has 17 heavy (non-hydrogen) atoms. The number of carbonyl (C=O) groups is 1. The van der Waals surface area contributed by atoms with Gasteiger partial charge in [0, 0.05) is 11.5 Å². The van der Waals surface area contributed by atoms with Crippen molar-refractivity contribution in [1.29, 1.82) is 0 Å². The molecule has 1 aliphatic rings. The van der Waals surface area contributed by atoms with Gasteiger partial charge in [-0.25, -0.2) is 4.79 Å². The third-order valence-electron chi connectivity index (χ3n) is 2.31. The van der Waals surface area contributed by atoms with Gasteiger partial charge in [-0.2, -0.15) is 18.2 Å². The summed E-state index contributed by atoms with van der Waals surface area (Å²) in [6, 6.07) is 0. The molecule has 0 saturated carbocycles. The minimum Gasteiger partial charge on any atom is -0.480 e. The highest BCUT2D eigenvalue weighted by Crippen LogP contribution is 2.52. The minimum absolute atomic E-state index is 0.343. The van der Waals surface area contributed by atoms with E-state index >= 15 is 0 Å². The Morgan fingerprint density at radius 2 is 2.12 bits per heavy atom. The fraction of sp³-hybridized carbons (Fsp3) is 0.333. The lowest BCUT2D eigenvalue weighted by molar-refractivity contribution is -0.218. The second-order valence-corrected chi connectivity index (χ2v) is 3.67. The van der Waals surface area contributed by atoms with E-state index < -0.39 is 29.0 Å². The SMILES string of the molecule is O=C=NC1=CC=C(Cl)C(C(=O)O)(C(F)(F)F)C1. The van der Waals surface area contributed by atoms with E-state index in [0.717, 1.165) is 18.2 Å². The number of halogens is 4. The van der Waals surface area contributed by atoms with Crippen LogP contribution in [0.1, 0.15) is 6.42 Å². The van der Waals surface area contributed by atoms with Gasteiger partial charge in [0.15, 0.2) is 0 Å². The Bertz CT molecular complexity index is 463. The van der Waals surface area contributed by atoms with Crippen LogP contribution in [-0.4, -0.2) is 23.3 Å². The number of rotatable bonds is 2. The minimum atomic E-state index is -5.09. The first kappa shape index (κ1) is 13.5. The molecule has 1 N–H and O–H groups in total. The number of isocyanates is 1. The summed E-state index contributed by atoms with van der Waals surface area (Å²) in [5.41, 5.74) is -3.59. The Balaban J connectivity index is 3.37. The molecule has 0 aliphatic heterocycles. The highest BCUT2D eigenvalue weighted by molar-refractivity contribution is 6.32. The quantitative estimate of drug-likeness (QED) is 0.617. The van der Waals surface area contributed by atoms with Crippen molar-refractivity contribution < 1.29 is 27.9 Å². The first-order valence-corrected chi connectivity index (χ1v) is 4.58. The predicted molar refractivity (Wildman–Crippen MR) is 50.9 cm³/mol. The van der Waals surface area contributed by atoms with E-state index in [-0.39, 0.29) is 5.70 Å². The van der Waals surface area contributed by atoms with Gasteiger partial charge in [-0.05, 0) is 12.2 Å². The summed E-state index contributed by atoms with van der Waals surface area (Å²) in [5.74, 6) is -2.14. The number of aliphatic imine (C=N–C) groups is 1. The molecule has 4 nitrogen and oxygen atoms in total. The lowest BCUT2D eigenvalue weighted by atomic mass is 9.79. The number of nitrogens with zero attached hydrogens (tertiary/aromatic N) is 1. The van der Waals surface area contributed by atoms with Crippen LogP contribution >= 0.6 is 11.6 Å². The second kappa shape index (κ2) is 4.35. The number of carbonyl (C=O) groups excluding carboxylic acids is 1. The van der Waals surface area contributed by atoms with E-state index in [1.165, 1.54) is 0 Å². The number of carboxylic acid groups (broad SMARTS) is 1. The molecular formula is C9H5ClF3NO3. The van der Waals surface area contributed by atoms with Gasteiger partial charge in [0.1, 0.15) is 0 Å². The summed E-state index contributed by atoms with van der Waals surface area (Å²) in [6.07, 6.45) is -3.26. The normalized spacial score (nSPS) is 24.5. The van der Waals surface area contributed by atoms with Crippen LogP contribution in [0, 0.1) is 5.41 Å². The van der Waals surface area contributed by atoms with Crippen molar-refractivity contribution in [1.82, 2.24) is 0 Å². The van der Waals surface area contributed by atoms with Crippen molar-refractivity contribution >= 4 is 23.7 Å². The van der Waals surface area contributed by atoms with Crippen LogP contribution in [-0.2, 0) is 9.59 Å². The number of alkyl halides is 3. The molecule has 1 unspecified atom stereocenters. The van der Waals surface area contributed by atoms with Gasteiger partial charge >= 0.3 is 12.1 Å². The predicted octanol–water partition coefficient (Wildman–Crippen LogP) is 2.37. The summed E-state index contributed by atoms with van der Waals surface area (Å²) < 4.78 is 38.5. The van der Waals surface area contributed by atoms with E-state index in [0.29, 0.717) is 0 Å². The summed E-state index contributed by atoms with van der Waals surface area (Å²) in [4.78, 5) is 23.8. The number of aliphatic carboxylic acids is 1. The molecular weight excluding hydrogens is 263 g/mol. The van der Waals surface area contributed by atoms with E-state index in [2.05, 4.69) is 4.99 Å². The van der Waals surface area contributed by atoms with Crippen molar-refractivity contribution in [3.05, 3.63) is 22.9 Å². The molecule has 0 aromatic heterocycles. The molecule has 0 aromatic carbocycles. The van der Waals surface area contributed by atoms with E-state index in [9.17, 15) is 22.8 Å².